The first-order chi connectivity index (χ1) is 9.26. The van der Waals surface area contributed by atoms with Crippen LogP contribution in [0.5, 0.6) is 0 Å². The molecular formula is C15H31N3O. The first-order valence-electron chi connectivity index (χ1n) is 8.01. The highest BCUT2D eigenvalue weighted by atomic mass is 16.5. The SMILES string of the molecule is CCNC1CCOCC1N(C)C1CCN(CC)CC1. The summed E-state index contributed by atoms with van der Waals surface area (Å²) in [6, 6.07) is 1.88. The molecule has 2 aliphatic rings. The Hall–Kier alpha value is -0.160. The van der Waals surface area contributed by atoms with Crippen LogP contribution >= 0.6 is 0 Å². The minimum atomic E-state index is 0.548. The van der Waals surface area contributed by atoms with Gasteiger partial charge in [0.15, 0.2) is 0 Å². The number of nitrogens with zero attached hydrogens (tertiary/aromatic N) is 2. The van der Waals surface area contributed by atoms with Gasteiger partial charge in [0.25, 0.3) is 0 Å². The third-order valence-corrected chi connectivity index (χ3v) is 4.90. The van der Waals surface area contributed by atoms with E-state index in [0.29, 0.717) is 12.1 Å². The van der Waals surface area contributed by atoms with E-state index in [2.05, 4.69) is 36.0 Å². The average molecular weight is 269 g/mol. The summed E-state index contributed by atoms with van der Waals surface area (Å²) >= 11 is 0. The predicted octanol–water partition coefficient (Wildman–Crippen LogP) is 1.17. The van der Waals surface area contributed by atoms with E-state index in [9.17, 15) is 0 Å². The van der Waals surface area contributed by atoms with E-state index in [1.165, 1.54) is 32.5 Å². The molecule has 0 aromatic heterocycles. The van der Waals surface area contributed by atoms with Crippen molar-refractivity contribution >= 4 is 0 Å². The second-order valence-electron chi connectivity index (χ2n) is 5.93. The number of ether oxygens (including phenoxy) is 1. The number of likely N-dealkylation sites (N-methyl/N-ethyl adjacent to an activating group) is 2. The van der Waals surface area contributed by atoms with Crippen LogP contribution in [0, 0.1) is 0 Å². The number of hydrogen-bond donors (Lipinski definition) is 1. The Morgan fingerprint density at radius 1 is 1.21 bits per heavy atom. The van der Waals surface area contributed by atoms with Crippen molar-refractivity contribution in [1.82, 2.24) is 15.1 Å². The van der Waals surface area contributed by atoms with Crippen molar-refractivity contribution in [3.05, 3.63) is 0 Å². The highest BCUT2D eigenvalue weighted by Crippen LogP contribution is 2.21. The molecular weight excluding hydrogens is 238 g/mol. The molecule has 0 saturated carbocycles. The van der Waals surface area contributed by atoms with E-state index in [-0.39, 0.29) is 0 Å². The van der Waals surface area contributed by atoms with Crippen LogP contribution in [-0.4, -0.2) is 74.4 Å². The molecule has 4 heteroatoms. The molecule has 4 nitrogen and oxygen atoms in total. The van der Waals surface area contributed by atoms with Crippen molar-refractivity contribution in [2.24, 2.45) is 0 Å². The fraction of sp³-hybridized carbons (Fsp3) is 1.00. The van der Waals surface area contributed by atoms with Gasteiger partial charge in [-0.2, -0.15) is 0 Å². The lowest BCUT2D eigenvalue weighted by molar-refractivity contribution is -0.0183. The van der Waals surface area contributed by atoms with Crippen LogP contribution in [-0.2, 0) is 4.74 Å². The van der Waals surface area contributed by atoms with Gasteiger partial charge in [0.1, 0.15) is 0 Å². The van der Waals surface area contributed by atoms with Crippen LogP contribution in [0.15, 0.2) is 0 Å². The van der Waals surface area contributed by atoms with Gasteiger partial charge in [-0.25, -0.2) is 0 Å². The van der Waals surface area contributed by atoms with Gasteiger partial charge in [0.05, 0.1) is 6.61 Å². The molecule has 2 unspecified atom stereocenters. The van der Waals surface area contributed by atoms with Crippen molar-refractivity contribution in [3.8, 4) is 0 Å². The second kappa shape index (κ2) is 7.58. The highest BCUT2D eigenvalue weighted by Gasteiger charge is 2.33. The van der Waals surface area contributed by atoms with Crippen molar-refractivity contribution in [1.29, 1.82) is 0 Å². The Kier molecular flexibility index (Phi) is 6.07. The van der Waals surface area contributed by atoms with E-state index in [1.807, 2.05) is 0 Å². The molecule has 0 aliphatic carbocycles. The fourth-order valence-corrected chi connectivity index (χ4v) is 3.54. The summed E-state index contributed by atoms with van der Waals surface area (Å²) in [5.74, 6) is 0. The predicted molar refractivity (Wildman–Crippen MR) is 79.6 cm³/mol. The van der Waals surface area contributed by atoms with Crippen LogP contribution in [0.2, 0.25) is 0 Å². The van der Waals surface area contributed by atoms with Gasteiger partial charge in [-0.05, 0) is 52.5 Å². The maximum atomic E-state index is 5.72. The van der Waals surface area contributed by atoms with E-state index in [4.69, 9.17) is 4.74 Å². The zero-order valence-electron chi connectivity index (χ0n) is 12.9. The molecule has 2 rings (SSSR count). The first kappa shape index (κ1) is 15.2. The van der Waals surface area contributed by atoms with E-state index < -0.39 is 0 Å². The fourth-order valence-electron chi connectivity index (χ4n) is 3.54. The van der Waals surface area contributed by atoms with Crippen molar-refractivity contribution in [3.63, 3.8) is 0 Å². The second-order valence-corrected chi connectivity index (χ2v) is 5.93. The maximum Gasteiger partial charge on any atom is 0.0637 e. The number of hydrogen-bond acceptors (Lipinski definition) is 4. The molecule has 1 N–H and O–H groups in total. The molecule has 0 amide bonds. The summed E-state index contributed by atoms with van der Waals surface area (Å²) in [7, 11) is 2.30. The standard InChI is InChI=1S/C15H31N3O/c1-4-16-14-8-11-19-12-15(14)17(3)13-6-9-18(5-2)10-7-13/h13-16H,4-12H2,1-3H3. The molecule has 0 radical (unpaired) electrons. The summed E-state index contributed by atoms with van der Waals surface area (Å²) in [5, 5.41) is 3.64. The summed E-state index contributed by atoms with van der Waals surface area (Å²) in [6.07, 6.45) is 3.76. The average Bonchev–Trinajstić information content (AvgIpc) is 2.47. The molecule has 2 atom stereocenters. The zero-order chi connectivity index (χ0) is 13.7. The van der Waals surface area contributed by atoms with Gasteiger partial charge >= 0.3 is 0 Å². The van der Waals surface area contributed by atoms with Crippen LogP contribution < -0.4 is 5.32 Å². The van der Waals surface area contributed by atoms with Gasteiger partial charge in [-0.1, -0.05) is 13.8 Å². The molecule has 2 aliphatic heterocycles. The van der Waals surface area contributed by atoms with Crippen LogP contribution in [0.4, 0.5) is 0 Å². The van der Waals surface area contributed by atoms with E-state index in [1.54, 1.807) is 0 Å². The normalized spacial score (nSPS) is 30.9. The minimum absolute atomic E-state index is 0.548. The lowest BCUT2D eigenvalue weighted by atomic mass is 9.96. The van der Waals surface area contributed by atoms with Gasteiger partial charge < -0.3 is 15.0 Å². The van der Waals surface area contributed by atoms with E-state index in [0.717, 1.165) is 32.2 Å². The molecule has 2 fully saturated rings. The first-order valence-corrected chi connectivity index (χ1v) is 8.01. The monoisotopic (exact) mass is 269 g/mol. The largest absolute Gasteiger partial charge is 0.380 e. The molecule has 0 spiro atoms. The third-order valence-electron chi connectivity index (χ3n) is 4.90. The van der Waals surface area contributed by atoms with Crippen molar-refractivity contribution in [2.45, 2.75) is 51.2 Å². The van der Waals surface area contributed by atoms with E-state index >= 15 is 0 Å². The summed E-state index contributed by atoms with van der Waals surface area (Å²) in [4.78, 5) is 5.16. The van der Waals surface area contributed by atoms with Crippen molar-refractivity contribution in [2.75, 3.05) is 46.4 Å². The summed E-state index contributed by atoms with van der Waals surface area (Å²) < 4.78 is 5.72. The summed E-state index contributed by atoms with van der Waals surface area (Å²) in [6.45, 7) is 11.0. The molecule has 112 valence electrons. The topological polar surface area (TPSA) is 27.7 Å². The smallest absolute Gasteiger partial charge is 0.0637 e. The number of rotatable bonds is 5. The minimum Gasteiger partial charge on any atom is -0.380 e. The quantitative estimate of drug-likeness (QED) is 0.811. The Labute approximate surface area is 118 Å². The lowest BCUT2D eigenvalue weighted by Gasteiger charge is -2.44. The Balaban J connectivity index is 1.88. The number of likely N-dealkylation sites (tertiary alicyclic amines) is 1. The number of nitrogens with one attached hydrogen (secondary N) is 1. The molecule has 0 aromatic carbocycles. The van der Waals surface area contributed by atoms with Crippen LogP contribution in [0.3, 0.4) is 0 Å². The third kappa shape index (κ3) is 3.91. The molecule has 2 saturated heterocycles. The van der Waals surface area contributed by atoms with Gasteiger partial charge in [-0.3, -0.25) is 4.90 Å². The van der Waals surface area contributed by atoms with Crippen LogP contribution in [0.1, 0.15) is 33.1 Å². The molecule has 19 heavy (non-hydrogen) atoms. The van der Waals surface area contributed by atoms with Gasteiger partial charge in [0, 0.05) is 24.7 Å². The Morgan fingerprint density at radius 2 is 1.95 bits per heavy atom. The molecule has 2 heterocycles. The number of piperidine rings is 1. The Bertz CT molecular complexity index is 252. The summed E-state index contributed by atoms with van der Waals surface area (Å²) in [5.41, 5.74) is 0. The van der Waals surface area contributed by atoms with Crippen LogP contribution in [0.25, 0.3) is 0 Å². The highest BCUT2D eigenvalue weighted by molar-refractivity contribution is 4.90. The zero-order valence-corrected chi connectivity index (χ0v) is 12.9. The molecule has 0 bridgehead atoms. The molecule has 0 aromatic rings. The van der Waals surface area contributed by atoms with Crippen molar-refractivity contribution < 1.29 is 4.74 Å². The van der Waals surface area contributed by atoms with Gasteiger partial charge in [-0.15, -0.1) is 0 Å². The van der Waals surface area contributed by atoms with Gasteiger partial charge in [0.2, 0.25) is 0 Å². The Morgan fingerprint density at radius 3 is 2.58 bits per heavy atom. The lowest BCUT2D eigenvalue weighted by Crippen LogP contribution is -2.58. The maximum absolute atomic E-state index is 5.72.